The van der Waals surface area contributed by atoms with Gasteiger partial charge in [-0.2, -0.15) is 0 Å². The molecule has 1 fully saturated rings. The Hall–Kier alpha value is -2.33. The smallest absolute Gasteiger partial charge is 0.256 e. The van der Waals surface area contributed by atoms with Crippen LogP contribution in [0.4, 0.5) is 11.4 Å². The zero-order valence-electron chi connectivity index (χ0n) is 13.0. The number of nitrogens with zero attached hydrogens (tertiary/aromatic N) is 1. The van der Waals surface area contributed by atoms with Crippen LogP contribution in [0.25, 0.3) is 0 Å². The second kappa shape index (κ2) is 6.05. The fourth-order valence-corrected chi connectivity index (χ4v) is 3.11. The molecule has 1 saturated heterocycles. The maximum Gasteiger partial charge on any atom is 0.256 e. The molecule has 2 amide bonds. The molecule has 4 nitrogen and oxygen atoms in total. The van der Waals surface area contributed by atoms with Crippen LogP contribution in [-0.2, 0) is 9.59 Å². The molecule has 0 aliphatic carbocycles. The molecule has 5 heteroatoms. The van der Waals surface area contributed by atoms with Crippen molar-refractivity contribution in [1.82, 2.24) is 0 Å². The number of hydrogen-bond donors (Lipinski definition) is 1. The van der Waals surface area contributed by atoms with Gasteiger partial charge >= 0.3 is 0 Å². The zero-order chi connectivity index (χ0) is 16.6. The van der Waals surface area contributed by atoms with Gasteiger partial charge in [-0.3, -0.25) is 9.59 Å². The molecule has 0 radical (unpaired) electrons. The Morgan fingerprint density at radius 3 is 2.39 bits per heavy atom. The quantitative estimate of drug-likeness (QED) is 0.874. The highest BCUT2D eigenvalue weighted by atomic mass is 35.5. The molecule has 3 rings (SSSR count). The van der Waals surface area contributed by atoms with Crippen molar-refractivity contribution in [3.05, 3.63) is 58.6 Å². The summed E-state index contributed by atoms with van der Waals surface area (Å²) in [5.74, 6) is -0.417. The van der Waals surface area contributed by atoms with Gasteiger partial charge in [-0.1, -0.05) is 35.9 Å². The van der Waals surface area contributed by atoms with E-state index >= 15 is 0 Å². The van der Waals surface area contributed by atoms with Gasteiger partial charge in [0.25, 0.3) is 5.91 Å². The molecule has 1 unspecified atom stereocenters. The first-order chi connectivity index (χ1) is 11.0. The number of amides is 2. The first kappa shape index (κ1) is 15.6. The Labute approximate surface area is 140 Å². The molecule has 0 bridgehead atoms. The number of aryl methyl sites for hydroxylation is 2. The van der Waals surface area contributed by atoms with Crippen LogP contribution in [-0.4, -0.2) is 17.9 Å². The van der Waals surface area contributed by atoms with E-state index in [-0.39, 0.29) is 18.2 Å². The highest BCUT2D eigenvalue weighted by Gasteiger charge is 2.40. The number of hydrogen-bond acceptors (Lipinski definition) is 3. The van der Waals surface area contributed by atoms with Crippen molar-refractivity contribution in [1.29, 1.82) is 0 Å². The van der Waals surface area contributed by atoms with Crippen molar-refractivity contribution in [2.45, 2.75) is 26.3 Å². The van der Waals surface area contributed by atoms with Gasteiger partial charge in [0, 0.05) is 10.7 Å². The summed E-state index contributed by atoms with van der Waals surface area (Å²) in [5.41, 5.74) is 3.25. The Morgan fingerprint density at radius 1 is 1.09 bits per heavy atom. The molecule has 1 N–H and O–H groups in total. The maximum atomic E-state index is 12.7. The Kier molecular flexibility index (Phi) is 4.09. The molecule has 118 valence electrons. The second-order valence-corrected chi connectivity index (χ2v) is 6.16. The molecule has 1 aliphatic heterocycles. The van der Waals surface area contributed by atoms with E-state index in [9.17, 15) is 9.59 Å². The summed E-state index contributed by atoms with van der Waals surface area (Å²) in [6.45, 7) is 3.81. The minimum absolute atomic E-state index is 0.138. The average Bonchev–Trinajstić information content (AvgIpc) is 2.75. The fourth-order valence-electron chi connectivity index (χ4n) is 2.92. The van der Waals surface area contributed by atoms with Crippen molar-refractivity contribution in [2.75, 3.05) is 10.2 Å². The number of rotatable bonds is 3. The van der Waals surface area contributed by atoms with E-state index in [1.165, 1.54) is 4.90 Å². The number of halogens is 1. The van der Waals surface area contributed by atoms with Gasteiger partial charge in [0.05, 0.1) is 12.1 Å². The molecule has 1 heterocycles. The number of imide groups is 1. The number of carbonyl (C=O) groups is 2. The minimum atomic E-state index is -0.569. The van der Waals surface area contributed by atoms with Crippen LogP contribution in [0.2, 0.25) is 5.02 Å². The van der Waals surface area contributed by atoms with Crippen LogP contribution >= 0.6 is 11.6 Å². The van der Waals surface area contributed by atoms with Gasteiger partial charge in [0.2, 0.25) is 5.91 Å². The third kappa shape index (κ3) is 2.94. The molecule has 0 saturated carbocycles. The highest BCUT2D eigenvalue weighted by molar-refractivity contribution is 6.31. The molecule has 2 aromatic rings. The van der Waals surface area contributed by atoms with Crippen molar-refractivity contribution >= 4 is 34.8 Å². The number of anilines is 2. The maximum absolute atomic E-state index is 12.7. The van der Waals surface area contributed by atoms with Gasteiger partial charge in [-0.15, -0.1) is 0 Å². The minimum Gasteiger partial charge on any atom is -0.373 e. The molecule has 0 aromatic heterocycles. The van der Waals surface area contributed by atoms with Gasteiger partial charge in [-0.05, 0) is 43.2 Å². The summed E-state index contributed by atoms with van der Waals surface area (Å²) in [6, 6.07) is 12.3. The Morgan fingerprint density at radius 2 is 1.74 bits per heavy atom. The third-order valence-electron chi connectivity index (χ3n) is 3.98. The Balaban J connectivity index is 1.88. The highest BCUT2D eigenvalue weighted by Crippen LogP contribution is 2.30. The SMILES string of the molecule is Cc1cccc(C)c1N1C(=O)CC(Nc2cccc(Cl)c2)C1=O. The topological polar surface area (TPSA) is 49.4 Å². The van der Waals surface area contributed by atoms with E-state index in [2.05, 4.69) is 5.32 Å². The number of para-hydroxylation sites is 1. The third-order valence-corrected chi connectivity index (χ3v) is 4.21. The lowest BCUT2D eigenvalue weighted by molar-refractivity contribution is -0.121. The van der Waals surface area contributed by atoms with Crippen LogP contribution in [0.15, 0.2) is 42.5 Å². The first-order valence-corrected chi connectivity index (χ1v) is 7.80. The van der Waals surface area contributed by atoms with Gasteiger partial charge in [0.1, 0.15) is 6.04 Å². The van der Waals surface area contributed by atoms with E-state index in [0.29, 0.717) is 10.7 Å². The summed E-state index contributed by atoms with van der Waals surface area (Å²) in [4.78, 5) is 26.4. The molecular weight excluding hydrogens is 312 g/mol. The van der Waals surface area contributed by atoms with Crippen LogP contribution in [0.3, 0.4) is 0 Å². The standard InChI is InChI=1S/C18H17ClN2O2/c1-11-5-3-6-12(2)17(11)21-16(22)10-15(18(21)23)20-14-8-4-7-13(19)9-14/h3-9,15,20H,10H2,1-2H3. The summed E-state index contributed by atoms with van der Waals surface area (Å²) in [6.07, 6.45) is 0.138. The number of benzene rings is 2. The average molecular weight is 329 g/mol. The van der Waals surface area contributed by atoms with E-state index in [1.807, 2.05) is 38.1 Å². The molecule has 2 aromatic carbocycles. The van der Waals surface area contributed by atoms with Gasteiger partial charge in [-0.25, -0.2) is 4.90 Å². The predicted molar refractivity (Wildman–Crippen MR) is 91.9 cm³/mol. The van der Waals surface area contributed by atoms with Gasteiger partial charge in [0.15, 0.2) is 0 Å². The lowest BCUT2D eigenvalue weighted by Crippen LogP contribution is -2.35. The lowest BCUT2D eigenvalue weighted by Gasteiger charge is -2.20. The summed E-state index contributed by atoms with van der Waals surface area (Å²) < 4.78 is 0. The molecule has 0 spiro atoms. The monoisotopic (exact) mass is 328 g/mol. The largest absolute Gasteiger partial charge is 0.373 e. The van der Waals surface area contributed by atoms with Crippen molar-refractivity contribution in [3.63, 3.8) is 0 Å². The van der Waals surface area contributed by atoms with E-state index in [0.717, 1.165) is 16.8 Å². The van der Waals surface area contributed by atoms with E-state index in [1.54, 1.807) is 18.2 Å². The Bertz CT molecular complexity index is 768. The summed E-state index contributed by atoms with van der Waals surface area (Å²) in [5, 5.41) is 3.69. The zero-order valence-corrected chi connectivity index (χ0v) is 13.7. The molecular formula is C18H17ClN2O2. The van der Waals surface area contributed by atoms with Crippen molar-refractivity contribution in [2.24, 2.45) is 0 Å². The van der Waals surface area contributed by atoms with E-state index in [4.69, 9.17) is 11.6 Å². The predicted octanol–water partition coefficient (Wildman–Crippen LogP) is 3.70. The lowest BCUT2D eigenvalue weighted by atomic mass is 10.1. The van der Waals surface area contributed by atoms with Crippen LogP contribution < -0.4 is 10.2 Å². The normalized spacial score (nSPS) is 17.7. The van der Waals surface area contributed by atoms with Crippen LogP contribution in [0.5, 0.6) is 0 Å². The summed E-state index contributed by atoms with van der Waals surface area (Å²) in [7, 11) is 0. The van der Waals surface area contributed by atoms with Crippen molar-refractivity contribution < 1.29 is 9.59 Å². The molecule has 1 aliphatic rings. The van der Waals surface area contributed by atoms with Crippen molar-refractivity contribution in [3.8, 4) is 0 Å². The van der Waals surface area contributed by atoms with Crippen LogP contribution in [0.1, 0.15) is 17.5 Å². The van der Waals surface area contributed by atoms with Gasteiger partial charge < -0.3 is 5.32 Å². The number of carbonyl (C=O) groups excluding carboxylic acids is 2. The molecule has 23 heavy (non-hydrogen) atoms. The van der Waals surface area contributed by atoms with Crippen LogP contribution in [0, 0.1) is 13.8 Å². The first-order valence-electron chi connectivity index (χ1n) is 7.42. The number of nitrogens with one attached hydrogen (secondary N) is 1. The summed E-state index contributed by atoms with van der Waals surface area (Å²) >= 11 is 5.96. The second-order valence-electron chi connectivity index (χ2n) is 5.72. The van der Waals surface area contributed by atoms with E-state index < -0.39 is 6.04 Å². The fraction of sp³-hybridized carbons (Fsp3) is 0.222. The molecule has 1 atom stereocenters.